The number of nitrogens with one attached hydrogen (secondary N) is 2. The predicted octanol–water partition coefficient (Wildman–Crippen LogP) is 2.31. The molecule has 0 saturated heterocycles. The lowest BCUT2D eigenvalue weighted by Gasteiger charge is -2.13. The second-order valence-corrected chi connectivity index (χ2v) is 5.79. The summed E-state index contributed by atoms with van der Waals surface area (Å²) in [5, 5.41) is 14.5. The van der Waals surface area contributed by atoms with Crippen molar-refractivity contribution in [2.45, 2.75) is 33.2 Å². The van der Waals surface area contributed by atoms with Gasteiger partial charge in [0.05, 0.1) is 12.5 Å². The van der Waals surface area contributed by atoms with E-state index in [1.165, 1.54) is 0 Å². The molecule has 2 aromatic heterocycles. The molecule has 24 heavy (non-hydrogen) atoms. The van der Waals surface area contributed by atoms with Gasteiger partial charge < -0.3 is 15.1 Å². The normalized spacial score (nSPS) is 11.4. The first-order chi connectivity index (χ1) is 11.2. The highest BCUT2D eigenvalue weighted by Gasteiger charge is 2.01. The maximum atomic E-state index is 5.34. The molecule has 0 atom stereocenters. The summed E-state index contributed by atoms with van der Waals surface area (Å²) < 4.78 is 7.17. The van der Waals surface area contributed by atoms with Crippen LogP contribution in [0.3, 0.4) is 0 Å². The van der Waals surface area contributed by atoms with E-state index in [9.17, 15) is 0 Å². The lowest BCUT2D eigenvalue weighted by molar-refractivity contribution is 0.506. The average Bonchev–Trinajstić information content (AvgIpc) is 3.21. The summed E-state index contributed by atoms with van der Waals surface area (Å²) in [5.41, 5.74) is 0. The number of aromatic nitrogens is 3. The SMILES string of the molecule is CC(C)CN=C(NCCCn1ccnn1)NCCc1ccco1.I. The molecule has 0 saturated carbocycles. The van der Waals surface area contributed by atoms with Gasteiger partial charge in [0.15, 0.2) is 5.96 Å². The molecule has 0 amide bonds. The summed E-state index contributed by atoms with van der Waals surface area (Å²) in [6.07, 6.45) is 7.07. The summed E-state index contributed by atoms with van der Waals surface area (Å²) in [7, 11) is 0. The number of guanidine groups is 1. The fraction of sp³-hybridized carbons (Fsp3) is 0.562. The molecular formula is C16H27IN6O. The van der Waals surface area contributed by atoms with Gasteiger partial charge in [-0.3, -0.25) is 9.67 Å². The molecule has 134 valence electrons. The van der Waals surface area contributed by atoms with E-state index in [-0.39, 0.29) is 24.0 Å². The first kappa shape index (κ1) is 20.5. The van der Waals surface area contributed by atoms with Crippen LogP contribution in [0.1, 0.15) is 26.0 Å². The standard InChI is InChI=1S/C16H26N6O.HI/c1-14(2)13-19-16(18-8-6-15-5-3-12-23-15)17-7-4-10-22-11-9-20-21-22;/h3,5,9,11-12,14H,4,6-8,10,13H2,1-2H3,(H2,17,18,19);1H. The zero-order valence-corrected chi connectivity index (χ0v) is 16.6. The molecule has 0 spiro atoms. The van der Waals surface area contributed by atoms with Gasteiger partial charge >= 0.3 is 0 Å². The van der Waals surface area contributed by atoms with Crippen molar-refractivity contribution in [1.82, 2.24) is 25.6 Å². The Morgan fingerprint density at radius 3 is 2.83 bits per heavy atom. The van der Waals surface area contributed by atoms with E-state index in [2.05, 4.69) is 39.8 Å². The minimum absolute atomic E-state index is 0. The van der Waals surface area contributed by atoms with E-state index >= 15 is 0 Å². The van der Waals surface area contributed by atoms with E-state index in [0.717, 1.165) is 50.7 Å². The third kappa shape index (κ3) is 8.32. The number of aliphatic imine (C=N–C) groups is 1. The third-order valence-corrected chi connectivity index (χ3v) is 3.19. The number of rotatable bonds is 9. The summed E-state index contributed by atoms with van der Waals surface area (Å²) in [6, 6.07) is 3.89. The van der Waals surface area contributed by atoms with Crippen LogP contribution in [0.25, 0.3) is 0 Å². The fourth-order valence-electron chi connectivity index (χ4n) is 2.01. The zero-order valence-electron chi connectivity index (χ0n) is 14.3. The van der Waals surface area contributed by atoms with Crippen molar-refractivity contribution in [3.8, 4) is 0 Å². The van der Waals surface area contributed by atoms with Crippen LogP contribution in [0, 0.1) is 5.92 Å². The molecule has 2 rings (SSSR count). The van der Waals surface area contributed by atoms with E-state index in [1.807, 2.05) is 23.0 Å². The van der Waals surface area contributed by atoms with Crippen LogP contribution in [0.4, 0.5) is 0 Å². The van der Waals surface area contributed by atoms with Crippen molar-refractivity contribution in [2.75, 3.05) is 19.6 Å². The average molecular weight is 446 g/mol. The highest BCUT2D eigenvalue weighted by atomic mass is 127. The highest BCUT2D eigenvalue weighted by Crippen LogP contribution is 1.99. The van der Waals surface area contributed by atoms with Crippen molar-refractivity contribution in [2.24, 2.45) is 10.9 Å². The smallest absolute Gasteiger partial charge is 0.191 e. The highest BCUT2D eigenvalue weighted by molar-refractivity contribution is 14.0. The Labute approximate surface area is 160 Å². The number of halogens is 1. The molecule has 0 aromatic carbocycles. The molecule has 0 aliphatic carbocycles. The monoisotopic (exact) mass is 446 g/mol. The third-order valence-electron chi connectivity index (χ3n) is 3.19. The van der Waals surface area contributed by atoms with Gasteiger partial charge in [0.2, 0.25) is 0 Å². The van der Waals surface area contributed by atoms with Crippen LogP contribution in [0.5, 0.6) is 0 Å². The van der Waals surface area contributed by atoms with Gasteiger partial charge in [-0.05, 0) is 24.5 Å². The largest absolute Gasteiger partial charge is 0.469 e. The van der Waals surface area contributed by atoms with Crippen LogP contribution in [-0.4, -0.2) is 40.6 Å². The zero-order chi connectivity index (χ0) is 16.3. The molecule has 2 heterocycles. The maximum Gasteiger partial charge on any atom is 0.191 e. The van der Waals surface area contributed by atoms with E-state index < -0.39 is 0 Å². The maximum absolute atomic E-state index is 5.34. The fourth-order valence-corrected chi connectivity index (χ4v) is 2.01. The first-order valence-electron chi connectivity index (χ1n) is 8.12. The molecule has 0 aliphatic heterocycles. The van der Waals surface area contributed by atoms with Crippen molar-refractivity contribution < 1.29 is 4.42 Å². The Hall–Kier alpha value is -1.58. The second kappa shape index (κ2) is 11.9. The lowest BCUT2D eigenvalue weighted by Crippen LogP contribution is -2.39. The molecule has 0 fully saturated rings. The Kier molecular flexibility index (Phi) is 10.1. The molecule has 0 bridgehead atoms. The van der Waals surface area contributed by atoms with Crippen LogP contribution in [0.2, 0.25) is 0 Å². The van der Waals surface area contributed by atoms with Crippen LogP contribution in [0.15, 0.2) is 40.2 Å². The number of aryl methyl sites for hydroxylation is 1. The molecule has 2 N–H and O–H groups in total. The van der Waals surface area contributed by atoms with Gasteiger partial charge in [-0.15, -0.1) is 29.1 Å². The number of nitrogens with zero attached hydrogens (tertiary/aromatic N) is 4. The van der Waals surface area contributed by atoms with Crippen LogP contribution >= 0.6 is 24.0 Å². The first-order valence-corrected chi connectivity index (χ1v) is 8.12. The van der Waals surface area contributed by atoms with Crippen LogP contribution < -0.4 is 10.6 Å². The molecular weight excluding hydrogens is 419 g/mol. The van der Waals surface area contributed by atoms with Crippen molar-refractivity contribution in [1.29, 1.82) is 0 Å². The van der Waals surface area contributed by atoms with Crippen molar-refractivity contribution >= 4 is 29.9 Å². The minimum Gasteiger partial charge on any atom is -0.469 e. The Morgan fingerprint density at radius 2 is 2.17 bits per heavy atom. The van der Waals surface area contributed by atoms with Crippen molar-refractivity contribution in [3.05, 3.63) is 36.5 Å². The number of hydrogen-bond acceptors (Lipinski definition) is 4. The molecule has 2 aromatic rings. The molecule has 8 heteroatoms. The number of furan rings is 1. The quantitative estimate of drug-likeness (QED) is 0.268. The predicted molar refractivity (Wildman–Crippen MR) is 106 cm³/mol. The Bertz CT molecular complexity index is 553. The number of hydrogen-bond donors (Lipinski definition) is 2. The van der Waals surface area contributed by atoms with Gasteiger partial charge in [0.1, 0.15) is 5.76 Å². The van der Waals surface area contributed by atoms with E-state index in [0.29, 0.717) is 5.92 Å². The second-order valence-electron chi connectivity index (χ2n) is 5.79. The van der Waals surface area contributed by atoms with Crippen molar-refractivity contribution in [3.63, 3.8) is 0 Å². The topological polar surface area (TPSA) is 80.3 Å². The van der Waals surface area contributed by atoms with Gasteiger partial charge in [-0.25, -0.2) is 0 Å². The molecule has 0 unspecified atom stereocenters. The van der Waals surface area contributed by atoms with E-state index in [1.54, 1.807) is 12.5 Å². The minimum atomic E-state index is 0. The van der Waals surface area contributed by atoms with Gasteiger partial charge in [0.25, 0.3) is 0 Å². The van der Waals surface area contributed by atoms with Gasteiger partial charge in [-0.2, -0.15) is 0 Å². The van der Waals surface area contributed by atoms with Gasteiger partial charge in [0, 0.05) is 38.8 Å². The van der Waals surface area contributed by atoms with Crippen LogP contribution in [-0.2, 0) is 13.0 Å². The summed E-state index contributed by atoms with van der Waals surface area (Å²) in [5.74, 6) is 2.37. The lowest BCUT2D eigenvalue weighted by atomic mass is 10.2. The Morgan fingerprint density at radius 1 is 1.33 bits per heavy atom. The molecule has 0 aliphatic rings. The summed E-state index contributed by atoms with van der Waals surface area (Å²) in [6.45, 7) is 7.60. The Balaban J connectivity index is 0.00000288. The summed E-state index contributed by atoms with van der Waals surface area (Å²) >= 11 is 0. The summed E-state index contributed by atoms with van der Waals surface area (Å²) in [4.78, 5) is 4.61. The molecule has 7 nitrogen and oxygen atoms in total. The molecule has 0 radical (unpaired) electrons. The van der Waals surface area contributed by atoms with E-state index in [4.69, 9.17) is 4.42 Å². The van der Waals surface area contributed by atoms with Gasteiger partial charge in [-0.1, -0.05) is 19.1 Å².